The Balaban J connectivity index is 2.43. The van der Waals surface area contributed by atoms with Crippen LogP contribution in [0.2, 0.25) is 0 Å². The van der Waals surface area contributed by atoms with Crippen LogP contribution in [0, 0.1) is 0 Å². The summed E-state index contributed by atoms with van der Waals surface area (Å²) < 4.78 is 0. The van der Waals surface area contributed by atoms with Crippen molar-refractivity contribution in [1.29, 1.82) is 0 Å². The molecule has 1 heterocycles. The first kappa shape index (κ1) is 9.06. The largest absolute Gasteiger partial charge is 0.307 e. The lowest BCUT2D eigenvalue weighted by atomic mass is 10.1. The zero-order valence-corrected chi connectivity index (χ0v) is 8.51. The maximum absolute atomic E-state index is 5.30. The third kappa shape index (κ3) is 1.28. The second-order valence-corrected chi connectivity index (χ2v) is 3.60. The number of hydrogen-bond acceptors (Lipinski definition) is 4. The molecule has 0 radical (unpaired) electrons. The highest BCUT2D eigenvalue weighted by Crippen LogP contribution is 2.23. The van der Waals surface area contributed by atoms with Gasteiger partial charge in [-0.15, -0.1) is 10.2 Å². The summed E-state index contributed by atoms with van der Waals surface area (Å²) in [7, 11) is 0. The molecule has 1 aromatic heterocycles. The minimum atomic E-state index is 0.572. The van der Waals surface area contributed by atoms with E-state index in [9.17, 15) is 0 Å². The molecule has 0 saturated heterocycles. The molecular weight excluding hydrogens is 200 g/mol. The van der Waals surface area contributed by atoms with Crippen LogP contribution >= 0.6 is 0 Å². The van der Waals surface area contributed by atoms with Gasteiger partial charge in [-0.3, -0.25) is 0 Å². The third-order valence-corrected chi connectivity index (χ3v) is 2.63. The van der Waals surface area contributed by atoms with Crippen LogP contribution in [0.15, 0.2) is 42.5 Å². The molecule has 0 spiro atoms. The number of hydrazine groups is 1. The molecule has 0 amide bonds. The number of nitrogens with two attached hydrogens (primary N) is 1. The highest BCUT2D eigenvalue weighted by atomic mass is 15.3. The van der Waals surface area contributed by atoms with Gasteiger partial charge in [0.2, 0.25) is 0 Å². The molecule has 4 heteroatoms. The van der Waals surface area contributed by atoms with Gasteiger partial charge >= 0.3 is 0 Å². The fourth-order valence-corrected chi connectivity index (χ4v) is 1.85. The highest BCUT2D eigenvalue weighted by molar-refractivity contribution is 6.05. The van der Waals surface area contributed by atoms with Crippen molar-refractivity contribution in [2.45, 2.75) is 0 Å². The van der Waals surface area contributed by atoms with Crippen LogP contribution in [0.25, 0.3) is 21.7 Å². The summed E-state index contributed by atoms with van der Waals surface area (Å²) >= 11 is 0. The van der Waals surface area contributed by atoms with E-state index in [1.807, 2.05) is 30.3 Å². The number of nitrogen functional groups attached to an aromatic ring is 1. The number of nitrogens with one attached hydrogen (secondary N) is 1. The van der Waals surface area contributed by atoms with E-state index in [0.717, 1.165) is 21.7 Å². The average Bonchev–Trinajstić information content (AvgIpc) is 2.38. The summed E-state index contributed by atoms with van der Waals surface area (Å²) in [5.41, 5.74) is 3.39. The van der Waals surface area contributed by atoms with Crippen molar-refractivity contribution in [3.8, 4) is 0 Å². The molecule has 16 heavy (non-hydrogen) atoms. The number of aromatic nitrogens is 2. The zero-order chi connectivity index (χ0) is 11.0. The molecule has 0 aliphatic rings. The Bertz CT molecular complexity index is 663. The molecule has 0 aliphatic heterocycles. The molecule has 0 aliphatic carbocycles. The van der Waals surface area contributed by atoms with Crippen LogP contribution in [-0.4, -0.2) is 10.2 Å². The molecule has 0 saturated carbocycles. The van der Waals surface area contributed by atoms with Gasteiger partial charge in [0.15, 0.2) is 5.82 Å². The lowest BCUT2D eigenvalue weighted by Gasteiger charge is -2.03. The van der Waals surface area contributed by atoms with Crippen molar-refractivity contribution in [2.24, 2.45) is 5.84 Å². The fourth-order valence-electron chi connectivity index (χ4n) is 1.85. The second kappa shape index (κ2) is 3.43. The second-order valence-electron chi connectivity index (χ2n) is 3.60. The van der Waals surface area contributed by atoms with E-state index < -0.39 is 0 Å². The van der Waals surface area contributed by atoms with Crippen molar-refractivity contribution in [1.82, 2.24) is 10.2 Å². The third-order valence-electron chi connectivity index (χ3n) is 2.63. The summed E-state index contributed by atoms with van der Waals surface area (Å²) in [6.45, 7) is 0. The number of fused-ring (bicyclic) bond motifs is 3. The maximum Gasteiger partial charge on any atom is 0.163 e. The van der Waals surface area contributed by atoms with Crippen LogP contribution < -0.4 is 11.3 Å². The van der Waals surface area contributed by atoms with E-state index >= 15 is 0 Å². The quantitative estimate of drug-likeness (QED) is 0.366. The van der Waals surface area contributed by atoms with Crippen molar-refractivity contribution < 1.29 is 0 Å². The Labute approximate surface area is 92.1 Å². The van der Waals surface area contributed by atoms with Crippen molar-refractivity contribution in [2.75, 3.05) is 5.43 Å². The Hall–Kier alpha value is -2.20. The summed E-state index contributed by atoms with van der Waals surface area (Å²) in [4.78, 5) is 0. The number of benzene rings is 2. The number of rotatable bonds is 1. The molecule has 0 atom stereocenters. The van der Waals surface area contributed by atoms with Gasteiger partial charge < -0.3 is 5.43 Å². The fraction of sp³-hybridized carbons (Fsp3) is 0. The monoisotopic (exact) mass is 210 g/mol. The number of nitrogens with zero attached hydrogens (tertiary/aromatic N) is 2. The van der Waals surface area contributed by atoms with Gasteiger partial charge in [-0.1, -0.05) is 36.4 Å². The van der Waals surface area contributed by atoms with Crippen LogP contribution in [-0.2, 0) is 0 Å². The summed E-state index contributed by atoms with van der Waals surface area (Å²) in [6.07, 6.45) is 0. The standard InChI is InChI=1S/C12H10N4/c13-14-11-7-9-6-5-8-3-1-2-4-10(8)12(9)16-15-11/h1-7H,13H2,(H,14,15). The molecule has 0 unspecified atom stereocenters. The van der Waals surface area contributed by atoms with Gasteiger partial charge in [0.25, 0.3) is 0 Å². The first-order chi connectivity index (χ1) is 7.88. The van der Waals surface area contributed by atoms with Gasteiger partial charge in [-0.05, 0) is 11.5 Å². The molecule has 3 rings (SSSR count). The van der Waals surface area contributed by atoms with E-state index in [2.05, 4.69) is 27.8 Å². The van der Waals surface area contributed by atoms with Crippen LogP contribution in [0.1, 0.15) is 0 Å². The summed E-state index contributed by atoms with van der Waals surface area (Å²) in [6, 6.07) is 14.1. The molecule has 78 valence electrons. The maximum atomic E-state index is 5.30. The summed E-state index contributed by atoms with van der Waals surface area (Å²) in [5, 5.41) is 11.5. The van der Waals surface area contributed by atoms with E-state index in [4.69, 9.17) is 5.84 Å². The highest BCUT2D eigenvalue weighted by Gasteiger charge is 2.02. The predicted octanol–water partition coefficient (Wildman–Crippen LogP) is 2.07. The Morgan fingerprint density at radius 3 is 2.62 bits per heavy atom. The Morgan fingerprint density at radius 1 is 0.938 bits per heavy atom. The van der Waals surface area contributed by atoms with E-state index in [1.54, 1.807) is 0 Å². The van der Waals surface area contributed by atoms with Gasteiger partial charge in [0.05, 0.1) is 0 Å². The molecule has 2 aromatic carbocycles. The SMILES string of the molecule is NNc1cc2ccc3ccccc3c2nn1. The average molecular weight is 210 g/mol. The van der Waals surface area contributed by atoms with Gasteiger partial charge in [0.1, 0.15) is 5.52 Å². The molecule has 0 fully saturated rings. The normalized spacial score (nSPS) is 10.8. The molecule has 0 bridgehead atoms. The summed E-state index contributed by atoms with van der Waals surface area (Å²) in [5.74, 6) is 5.87. The molecular formula is C12H10N4. The first-order valence-corrected chi connectivity index (χ1v) is 5.00. The number of hydrogen-bond donors (Lipinski definition) is 2. The van der Waals surface area contributed by atoms with Crippen LogP contribution in [0.3, 0.4) is 0 Å². The van der Waals surface area contributed by atoms with E-state index in [-0.39, 0.29) is 0 Å². The van der Waals surface area contributed by atoms with Crippen LogP contribution in [0.5, 0.6) is 0 Å². The van der Waals surface area contributed by atoms with Crippen LogP contribution in [0.4, 0.5) is 5.82 Å². The van der Waals surface area contributed by atoms with Gasteiger partial charge in [0, 0.05) is 10.8 Å². The van der Waals surface area contributed by atoms with Crippen molar-refractivity contribution in [3.05, 3.63) is 42.5 Å². The lowest BCUT2D eigenvalue weighted by molar-refractivity contribution is 1.06. The lowest BCUT2D eigenvalue weighted by Crippen LogP contribution is -2.08. The Morgan fingerprint density at radius 2 is 1.75 bits per heavy atom. The van der Waals surface area contributed by atoms with E-state index in [1.165, 1.54) is 0 Å². The molecule has 3 N–H and O–H groups in total. The minimum Gasteiger partial charge on any atom is -0.307 e. The molecule has 4 nitrogen and oxygen atoms in total. The van der Waals surface area contributed by atoms with Crippen molar-refractivity contribution in [3.63, 3.8) is 0 Å². The van der Waals surface area contributed by atoms with Gasteiger partial charge in [-0.25, -0.2) is 5.84 Å². The molecule has 3 aromatic rings. The van der Waals surface area contributed by atoms with E-state index in [0.29, 0.717) is 5.82 Å². The predicted molar refractivity (Wildman–Crippen MR) is 64.9 cm³/mol. The topological polar surface area (TPSA) is 63.8 Å². The zero-order valence-electron chi connectivity index (χ0n) is 8.51. The first-order valence-electron chi connectivity index (χ1n) is 5.00. The Kier molecular flexibility index (Phi) is 1.94. The minimum absolute atomic E-state index is 0.572. The smallest absolute Gasteiger partial charge is 0.163 e. The van der Waals surface area contributed by atoms with Crippen molar-refractivity contribution >= 4 is 27.5 Å². The van der Waals surface area contributed by atoms with Gasteiger partial charge in [-0.2, -0.15) is 0 Å². The number of anilines is 1.